The predicted molar refractivity (Wildman–Crippen MR) is 49.0 cm³/mol. The maximum Gasteiger partial charge on any atom is 0.242 e. The van der Waals surface area contributed by atoms with E-state index in [-0.39, 0.29) is 17.9 Å². The number of rotatable bonds is 1. The summed E-state index contributed by atoms with van der Waals surface area (Å²) >= 11 is 0. The molecule has 1 saturated heterocycles. The fourth-order valence-electron chi connectivity index (χ4n) is 1.11. The Morgan fingerprint density at radius 3 is 2.54 bits per heavy atom. The van der Waals surface area contributed by atoms with Crippen LogP contribution in [0.15, 0.2) is 0 Å². The van der Waals surface area contributed by atoms with Gasteiger partial charge in [0.25, 0.3) is 0 Å². The molecule has 4 nitrogen and oxygen atoms in total. The van der Waals surface area contributed by atoms with Gasteiger partial charge in [-0.3, -0.25) is 9.59 Å². The van der Waals surface area contributed by atoms with Crippen molar-refractivity contribution >= 4 is 11.8 Å². The second kappa shape index (κ2) is 3.36. The minimum absolute atomic E-state index is 0.0717. The summed E-state index contributed by atoms with van der Waals surface area (Å²) < 4.78 is 0. The van der Waals surface area contributed by atoms with Crippen LogP contribution in [0.3, 0.4) is 0 Å². The molecule has 0 bridgehead atoms. The molecular formula is C9H16N2O2. The molecule has 2 N–H and O–H groups in total. The molecule has 13 heavy (non-hydrogen) atoms. The fraction of sp³-hybridized carbons (Fsp3) is 0.778. The van der Waals surface area contributed by atoms with Crippen LogP contribution in [0, 0.1) is 5.41 Å². The highest BCUT2D eigenvalue weighted by molar-refractivity contribution is 5.90. The van der Waals surface area contributed by atoms with Crippen molar-refractivity contribution in [2.24, 2.45) is 5.41 Å². The molecule has 0 spiro atoms. The van der Waals surface area contributed by atoms with Gasteiger partial charge in [-0.2, -0.15) is 0 Å². The third kappa shape index (κ3) is 2.44. The van der Waals surface area contributed by atoms with Crippen molar-refractivity contribution in [3.8, 4) is 0 Å². The number of carbonyl (C=O) groups is 2. The molecule has 0 unspecified atom stereocenters. The van der Waals surface area contributed by atoms with Crippen LogP contribution < -0.4 is 10.6 Å². The molecule has 1 heterocycles. The van der Waals surface area contributed by atoms with Crippen LogP contribution in [0.2, 0.25) is 0 Å². The Labute approximate surface area is 78.1 Å². The van der Waals surface area contributed by atoms with Crippen LogP contribution in [0.25, 0.3) is 0 Å². The van der Waals surface area contributed by atoms with Crippen molar-refractivity contribution < 1.29 is 9.59 Å². The van der Waals surface area contributed by atoms with Crippen molar-refractivity contribution in [1.82, 2.24) is 10.6 Å². The molecule has 1 fully saturated rings. The Hall–Kier alpha value is -1.06. The van der Waals surface area contributed by atoms with Crippen LogP contribution in [-0.4, -0.2) is 24.4 Å². The summed E-state index contributed by atoms with van der Waals surface area (Å²) in [7, 11) is 0. The summed E-state index contributed by atoms with van der Waals surface area (Å²) in [5.41, 5.74) is -0.428. The summed E-state index contributed by atoms with van der Waals surface area (Å²) in [6, 6.07) is -0.327. The summed E-state index contributed by atoms with van der Waals surface area (Å²) in [5, 5.41) is 5.39. The standard InChI is InChI=1S/C9H16N2O2/c1-9(2,3)8(13)11-6-4-5-10-7(6)12/h6H,4-5H2,1-3H3,(H,10,12)(H,11,13)/t6-/m0/s1. The van der Waals surface area contributed by atoms with E-state index >= 15 is 0 Å². The van der Waals surface area contributed by atoms with Crippen molar-refractivity contribution in [3.63, 3.8) is 0 Å². The van der Waals surface area contributed by atoms with Crippen molar-refractivity contribution in [3.05, 3.63) is 0 Å². The van der Waals surface area contributed by atoms with Gasteiger partial charge in [0.1, 0.15) is 6.04 Å². The zero-order chi connectivity index (χ0) is 10.1. The zero-order valence-corrected chi connectivity index (χ0v) is 8.31. The molecule has 1 rings (SSSR count). The summed E-state index contributed by atoms with van der Waals surface area (Å²) in [6.07, 6.45) is 0.695. The van der Waals surface area contributed by atoms with Gasteiger partial charge in [0, 0.05) is 12.0 Å². The van der Waals surface area contributed by atoms with Gasteiger partial charge in [-0.25, -0.2) is 0 Å². The van der Waals surface area contributed by atoms with Crippen molar-refractivity contribution in [1.29, 1.82) is 0 Å². The molecule has 0 aromatic heterocycles. The molecule has 0 aromatic rings. The van der Waals surface area contributed by atoms with Gasteiger partial charge in [0.15, 0.2) is 0 Å². The number of carbonyl (C=O) groups excluding carboxylic acids is 2. The van der Waals surface area contributed by atoms with Gasteiger partial charge in [-0.1, -0.05) is 20.8 Å². The van der Waals surface area contributed by atoms with E-state index in [0.717, 1.165) is 0 Å². The molecule has 0 aromatic carbocycles. The Kier molecular flexibility index (Phi) is 2.59. The zero-order valence-electron chi connectivity index (χ0n) is 8.31. The van der Waals surface area contributed by atoms with Gasteiger partial charge in [-0.05, 0) is 6.42 Å². The van der Waals surface area contributed by atoms with E-state index in [1.807, 2.05) is 20.8 Å². The lowest BCUT2D eigenvalue weighted by atomic mass is 9.95. The lowest BCUT2D eigenvalue weighted by molar-refractivity contribution is -0.132. The summed E-state index contributed by atoms with van der Waals surface area (Å²) in [6.45, 7) is 6.15. The molecular weight excluding hydrogens is 168 g/mol. The quantitative estimate of drug-likeness (QED) is 0.604. The molecule has 1 aliphatic heterocycles. The number of hydrogen-bond acceptors (Lipinski definition) is 2. The van der Waals surface area contributed by atoms with E-state index in [1.54, 1.807) is 0 Å². The highest BCUT2D eigenvalue weighted by atomic mass is 16.2. The van der Waals surface area contributed by atoms with E-state index in [9.17, 15) is 9.59 Å². The Balaban J connectivity index is 2.49. The monoisotopic (exact) mass is 184 g/mol. The largest absolute Gasteiger partial charge is 0.354 e. The van der Waals surface area contributed by atoms with Crippen molar-refractivity contribution in [2.45, 2.75) is 33.2 Å². The first kappa shape index (κ1) is 10.0. The topological polar surface area (TPSA) is 58.2 Å². The predicted octanol–water partition coefficient (Wildman–Crippen LogP) is 0.0372. The first-order valence-electron chi connectivity index (χ1n) is 4.50. The van der Waals surface area contributed by atoms with Gasteiger partial charge in [-0.15, -0.1) is 0 Å². The highest BCUT2D eigenvalue weighted by Gasteiger charge is 2.29. The molecule has 4 heteroatoms. The van der Waals surface area contributed by atoms with Crippen LogP contribution in [0.5, 0.6) is 0 Å². The lowest BCUT2D eigenvalue weighted by Crippen LogP contribution is -2.45. The van der Waals surface area contributed by atoms with E-state index in [1.165, 1.54) is 0 Å². The van der Waals surface area contributed by atoms with Gasteiger partial charge in [0.05, 0.1) is 0 Å². The van der Waals surface area contributed by atoms with E-state index < -0.39 is 5.41 Å². The number of nitrogens with one attached hydrogen (secondary N) is 2. The maximum absolute atomic E-state index is 11.5. The van der Waals surface area contributed by atoms with Gasteiger partial charge >= 0.3 is 0 Å². The van der Waals surface area contributed by atoms with Gasteiger partial charge < -0.3 is 10.6 Å². The normalized spacial score (nSPS) is 22.7. The van der Waals surface area contributed by atoms with E-state index in [2.05, 4.69) is 10.6 Å². The third-order valence-corrected chi connectivity index (χ3v) is 2.04. The fourth-order valence-corrected chi connectivity index (χ4v) is 1.11. The minimum atomic E-state index is -0.428. The molecule has 1 aliphatic rings. The molecule has 74 valence electrons. The van der Waals surface area contributed by atoms with Gasteiger partial charge in [0.2, 0.25) is 11.8 Å². The van der Waals surface area contributed by atoms with Crippen LogP contribution in [0.1, 0.15) is 27.2 Å². The molecule has 1 atom stereocenters. The highest BCUT2D eigenvalue weighted by Crippen LogP contribution is 2.13. The maximum atomic E-state index is 11.5. The second-order valence-electron chi connectivity index (χ2n) is 4.36. The summed E-state index contributed by atoms with van der Waals surface area (Å²) in [5.74, 6) is -0.146. The lowest BCUT2D eigenvalue weighted by Gasteiger charge is -2.19. The van der Waals surface area contributed by atoms with E-state index in [4.69, 9.17) is 0 Å². The molecule has 2 amide bonds. The average Bonchev–Trinajstić information content (AvgIpc) is 2.34. The Bertz CT molecular complexity index is 230. The number of hydrogen-bond donors (Lipinski definition) is 2. The first-order valence-corrected chi connectivity index (χ1v) is 4.50. The Morgan fingerprint density at radius 1 is 1.54 bits per heavy atom. The molecule has 0 radical (unpaired) electrons. The molecule has 0 saturated carbocycles. The molecule has 0 aliphatic carbocycles. The second-order valence-corrected chi connectivity index (χ2v) is 4.36. The smallest absolute Gasteiger partial charge is 0.242 e. The summed E-state index contributed by atoms with van der Waals surface area (Å²) in [4.78, 5) is 22.6. The average molecular weight is 184 g/mol. The Morgan fingerprint density at radius 2 is 2.15 bits per heavy atom. The SMILES string of the molecule is CC(C)(C)C(=O)N[C@H]1CCNC1=O. The minimum Gasteiger partial charge on any atom is -0.354 e. The van der Waals surface area contributed by atoms with Crippen LogP contribution in [0.4, 0.5) is 0 Å². The van der Waals surface area contributed by atoms with E-state index in [0.29, 0.717) is 13.0 Å². The number of amides is 2. The first-order chi connectivity index (χ1) is 5.91. The van der Waals surface area contributed by atoms with Crippen LogP contribution in [-0.2, 0) is 9.59 Å². The third-order valence-electron chi connectivity index (χ3n) is 2.04. The van der Waals surface area contributed by atoms with Crippen LogP contribution >= 0.6 is 0 Å². The van der Waals surface area contributed by atoms with Crippen molar-refractivity contribution in [2.75, 3.05) is 6.54 Å².